The number of piperidine rings is 1. The van der Waals surface area contributed by atoms with Crippen molar-refractivity contribution >= 4 is 22.2 Å². The van der Waals surface area contributed by atoms with E-state index < -0.39 is 0 Å². The fourth-order valence-corrected chi connectivity index (χ4v) is 4.63. The molecule has 29 heavy (non-hydrogen) atoms. The van der Waals surface area contributed by atoms with E-state index >= 15 is 0 Å². The van der Waals surface area contributed by atoms with Crippen molar-refractivity contribution in [2.24, 2.45) is 7.05 Å². The maximum Gasteiger partial charge on any atom is 0.160 e. The quantitative estimate of drug-likeness (QED) is 0.516. The molecule has 3 aromatic heterocycles. The molecule has 4 aromatic rings. The van der Waals surface area contributed by atoms with Crippen molar-refractivity contribution in [1.82, 2.24) is 29.0 Å². The lowest BCUT2D eigenvalue weighted by atomic mass is 10.0. The Morgan fingerprint density at radius 1 is 0.966 bits per heavy atom. The molecule has 1 fully saturated rings. The summed E-state index contributed by atoms with van der Waals surface area (Å²) in [6.45, 7) is 5.27. The second-order valence-electron chi connectivity index (χ2n) is 8.08. The Morgan fingerprint density at radius 2 is 1.72 bits per heavy atom. The van der Waals surface area contributed by atoms with Crippen molar-refractivity contribution in [3.63, 3.8) is 0 Å². The number of hydrogen-bond acceptors (Lipinski definition) is 4. The molecular weight excluding hydrogens is 360 g/mol. The highest BCUT2D eigenvalue weighted by molar-refractivity contribution is 5.75. The lowest BCUT2D eigenvalue weighted by Crippen LogP contribution is -2.35. The maximum absolute atomic E-state index is 4.87. The zero-order valence-corrected chi connectivity index (χ0v) is 17.3. The van der Waals surface area contributed by atoms with E-state index in [0.717, 1.165) is 67.8 Å². The Labute approximate surface area is 171 Å². The van der Waals surface area contributed by atoms with Gasteiger partial charge < -0.3 is 9.13 Å². The van der Waals surface area contributed by atoms with E-state index in [0.29, 0.717) is 6.04 Å². The predicted octanol–water partition coefficient (Wildman–Crippen LogP) is 4.11. The molecule has 1 saturated heterocycles. The number of nitrogens with zero attached hydrogens (tertiary/aromatic N) is 6. The number of rotatable bonds is 5. The molecule has 0 bridgehead atoms. The van der Waals surface area contributed by atoms with Crippen LogP contribution < -0.4 is 0 Å². The summed E-state index contributed by atoms with van der Waals surface area (Å²) in [5, 5.41) is 0. The molecule has 0 spiro atoms. The lowest BCUT2D eigenvalue weighted by molar-refractivity contribution is 0.175. The summed E-state index contributed by atoms with van der Waals surface area (Å²) in [4.78, 5) is 16.9. The van der Waals surface area contributed by atoms with E-state index in [4.69, 9.17) is 9.97 Å². The van der Waals surface area contributed by atoms with E-state index in [1.54, 1.807) is 0 Å². The Morgan fingerprint density at radius 3 is 2.52 bits per heavy atom. The van der Waals surface area contributed by atoms with Gasteiger partial charge in [-0.25, -0.2) is 15.0 Å². The van der Waals surface area contributed by atoms with Crippen LogP contribution in [0.25, 0.3) is 22.2 Å². The zero-order valence-electron chi connectivity index (χ0n) is 17.3. The normalized spacial score (nSPS) is 16.2. The fourth-order valence-electron chi connectivity index (χ4n) is 4.63. The van der Waals surface area contributed by atoms with E-state index in [-0.39, 0.29) is 0 Å². The number of fused-ring (bicyclic) bond motifs is 2. The van der Waals surface area contributed by atoms with Gasteiger partial charge in [0.2, 0.25) is 0 Å². The maximum atomic E-state index is 4.87. The Hall–Kier alpha value is -2.73. The van der Waals surface area contributed by atoms with Gasteiger partial charge in [-0.15, -0.1) is 0 Å². The second-order valence-corrected chi connectivity index (χ2v) is 8.08. The molecule has 1 aliphatic heterocycles. The first-order valence-electron chi connectivity index (χ1n) is 10.7. The summed E-state index contributed by atoms with van der Waals surface area (Å²) < 4.78 is 4.65. The molecule has 0 unspecified atom stereocenters. The van der Waals surface area contributed by atoms with Crippen LogP contribution in [-0.4, -0.2) is 42.1 Å². The van der Waals surface area contributed by atoms with Gasteiger partial charge >= 0.3 is 0 Å². The number of aryl methyl sites for hydroxylation is 2. The second kappa shape index (κ2) is 7.59. The SMILES string of the molecule is CCCc1nc2cccnc2n1C1CCN(Cc2nc3ccccc3n2C)CC1. The topological polar surface area (TPSA) is 51.8 Å². The number of benzene rings is 1. The lowest BCUT2D eigenvalue weighted by Gasteiger charge is -2.33. The van der Waals surface area contributed by atoms with Crippen molar-refractivity contribution in [3.05, 3.63) is 54.2 Å². The van der Waals surface area contributed by atoms with Crippen molar-refractivity contribution in [3.8, 4) is 0 Å². The minimum absolute atomic E-state index is 0.480. The molecular formula is C23H28N6. The number of para-hydroxylation sites is 2. The van der Waals surface area contributed by atoms with Crippen molar-refractivity contribution in [1.29, 1.82) is 0 Å². The average Bonchev–Trinajstić information content (AvgIpc) is 3.27. The minimum atomic E-state index is 0.480. The van der Waals surface area contributed by atoms with Crippen LogP contribution in [0.3, 0.4) is 0 Å². The van der Waals surface area contributed by atoms with Crippen LogP contribution in [-0.2, 0) is 20.0 Å². The molecule has 0 aliphatic carbocycles. The van der Waals surface area contributed by atoms with Gasteiger partial charge in [0.15, 0.2) is 5.65 Å². The van der Waals surface area contributed by atoms with Gasteiger partial charge in [0, 0.05) is 38.8 Å². The van der Waals surface area contributed by atoms with Crippen LogP contribution in [0.1, 0.15) is 43.9 Å². The van der Waals surface area contributed by atoms with Crippen LogP contribution in [0.2, 0.25) is 0 Å². The number of imidazole rings is 2. The largest absolute Gasteiger partial charge is 0.330 e. The first-order valence-corrected chi connectivity index (χ1v) is 10.7. The average molecular weight is 389 g/mol. The van der Waals surface area contributed by atoms with Crippen LogP contribution in [0.15, 0.2) is 42.6 Å². The third-order valence-corrected chi connectivity index (χ3v) is 6.16. The van der Waals surface area contributed by atoms with Crippen LogP contribution in [0.4, 0.5) is 0 Å². The molecule has 5 rings (SSSR count). The fraction of sp³-hybridized carbons (Fsp3) is 0.435. The Bertz CT molecular complexity index is 1130. The molecule has 0 N–H and O–H groups in total. The first-order chi connectivity index (χ1) is 14.2. The number of likely N-dealkylation sites (tertiary alicyclic amines) is 1. The van der Waals surface area contributed by atoms with Gasteiger partial charge in [-0.2, -0.15) is 0 Å². The summed E-state index contributed by atoms with van der Waals surface area (Å²) in [6.07, 6.45) is 6.26. The van der Waals surface area contributed by atoms with Crippen LogP contribution in [0, 0.1) is 0 Å². The summed E-state index contributed by atoms with van der Waals surface area (Å²) >= 11 is 0. The molecule has 0 atom stereocenters. The third kappa shape index (κ3) is 3.31. The van der Waals surface area contributed by atoms with Crippen LogP contribution in [0.5, 0.6) is 0 Å². The zero-order chi connectivity index (χ0) is 19.8. The molecule has 0 amide bonds. The molecule has 150 valence electrons. The molecule has 1 aliphatic rings. The Balaban J connectivity index is 1.33. The third-order valence-electron chi connectivity index (χ3n) is 6.16. The van der Waals surface area contributed by atoms with Crippen LogP contribution >= 0.6 is 0 Å². The van der Waals surface area contributed by atoms with Gasteiger partial charge in [0.1, 0.15) is 17.2 Å². The van der Waals surface area contributed by atoms with Crippen molar-refractivity contribution in [2.75, 3.05) is 13.1 Å². The number of aromatic nitrogens is 5. The molecule has 4 heterocycles. The summed E-state index contributed by atoms with van der Waals surface area (Å²) in [6, 6.07) is 12.9. The van der Waals surface area contributed by atoms with Crippen molar-refractivity contribution in [2.45, 2.75) is 45.2 Å². The van der Waals surface area contributed by atoms with Gasteiger partial charge in [-0.3, -0.25) is 4.90 Å². The van der Waals surface area contributed by atoms with E-state index in [1.165, 1.54) is 11.3 Å². The van der Waals surface area contributed by atoms with Gasteiger partial charge in [0.05, 0.1) is 17.6 Å². The molecule has 0 saturated carbocycles. The summed E-state index contributed by atoms with van der Waals surface area (Å²) in [5.41, 5.74) is 4.36. The highest BCUT2D eigenvalue weighted by atomic mass is 15.2. The molecule has 0 radical (unpaired) electrons. The predicted molar refractivity (Wildman–Crippen MR) is 116 cm³/mol. The highest BCUT2D eigenvalue weighted by Crippen LogP contribution is 2.29. The first kappa shape index (κ1) is 18.3. The minimum Gasteiger partial charge on any atom is -0.330 e. The van der Waals surface area contributed by atoms with E-state index in [1.807, 2.05) is 12.3 Å². The van der Waals surface area contributed by atoms with Gasteiger partial charge in [0.25, 0.3) is 0 Å². The molecule has 1 aromatic carbocycles. The number of hydrogen-bond donors (Lipinski definition) is 0. The molecule has 6 heteroatoms. The standard InChI is InChI=1S/C23H28N6/c1-3-7-21-26-19-9-6-13-24-23(19)29(21)17-11-14-28(15-12-17)16-22-25-18-8-4-5-10-20(18)27(22)2/h4-6,8-10,13,17H,3,7,11-12,14-16H2,1-2H3. The summed E-state index contributed by atoms with van der Waals surface area (Å²) in [7, 11) is 2.12. The number of pyridine rings is 1. The Kier molecular flexibility index (Phi) is 4.79. The highest BCUT2D eigenvalue weighted by Gasteiger charge is 2.25. The molecule has 6 nitrogen and oxygen atoms in total. The monoisotopic (exact) mass is 388 g/mol. The summed E-state index contributed by atoms with van der Waals surface area (Å²) in [5.74, 6) is 2.33. The van der Waals surface area contributed by atoms with E-state index in [9.17, 15) is 0 Å². The van der Waals surface area contributed by atoms with Gasteiger partial charge in [-0.1, -0.05) is 19.1 Å². The van der Waals surface area contributed by atoms with Gasteiger partial charge in [-0.05, 0) is 43.5 Å². The van der Waals surface area contributed by atoms with Crippen molar-refractivity contribution < 1.29 is 0 Å². The smallest absolute Gasteiger partial charge is 0.160 e. The van der Waals surface area contributed by atoms with E-state index in [2.05, 4.69) is 63.3 Å².